The Hall–Kier alpha value is -1.76. The van der Waals surface area contributed by atoms with Gasteiger partial charge in [-0.15, -0.1) is 0 Å². The van der Waals surface area contributed by atoms with Crippen LogP contribution in [0, 0.1) is 0 Å². The predicted octanol–water partition coefficient (Wildman–Crippen LogP) is 4.53. The smallest absolute Gasteiger partial charge is 0.0375 e. The molecule has 2 aromatic carbocycles. The van der Waals surface area contributed by atoms with Crippen molar-refractivity contribution < 1.29 is 0 Å². The number of para-hydroxylation sites is 1. The van der Waals surface area contributed by atoms with Crippen LogP contribution in [-0.2, 0) is 12.8 Å². The number of hydrogen-bond donors (Lipinski definition) is 1. The van der Waals surface area contributed by atoms with E-state index in [0.717, 1.165) is 5.92 Å². The van der Waals surface area contributed by atoms with Crippen LogP contribution in [0.1, 0.15) is 41.9 Å². The number of rotatable bonds is 2. The van der Waals surface area contributed by atoms with E-state index in [0.29, 0.717) is 6.04 Å². The molecule has 102 valence electrons. The minimum Gasteiger partial charge on any atom is -0.382 e. The van der Waals surface area contributed by atoms with Gasteiger partial charge in [-0.25, -0.2) is 0 Å². The van der Waals surface area contributed by atoms with Gasteiger partial charge in [-0.3, -0.25) is 0 Å². The molecular weight excluding hydrogens is 242 g/mol. The van der Waals surface area contributed by atoms with E-state index < -0.39 is 0 Å². The van der Waals surface area contributed by atoms with Crippen LogP contribution in [0.2, 0.25) is 0 Å². The van der Waals surface area contributed by atoms with Gasteiger partial charge in [-0.05, 0) is 60.8 Å². The highest BCUT2D eigenvalue weighted by molar-refractivity contribution is 5.56. The predicted molar refractivity (Wildman–Crippen MR) is 84.3 cm³/mol. The fourth-order valence-electron chi connectivity index (χ4n) is 3.96. The Morgan fingerprint density at radius 2 is 1.75 bits per heavy atom. The maximum atomic E-state index is 3.71. The zero-order valence-electron chi connectivity index (χ0n) is 11.8. The lowest BCUT2D eigenvalue weighted by Gasteiger charge is -2.27. The van der Waals surface area contributed by atoms with E-state index in [1.165, 1.54) is 43.4 Å². The molecule has 2 aromatic rings. The van der Waals surface area contributed by atoms with Crippen molar-refractivity contribution in [3.63, 3.8) is 0 Å². The van der Waals surface area contributed by atoms with Crippen LogP contribution in [0.5, 0.6) is 0 Å². The molecule has 1 aliphatic heterocycles. The van der Waals surface area contributed by atoms with Crippen molar-refractivity contribution in [2.24, 2.45) is 0 Å². The van der Waals surface area contributed by atoms with Crippen molar-refractivity contribution in [2.45, 2.75) is 44.1 Å². The molecule has 1 heterocycles. The van der Waals surface area contributed by atoms with Crippen LogP contribution in [0.4, 0.5) is 5.69 Å². The Morgan fingerprint density at radius 1 is 0.950 bits per heavy atom. The van der Waals surface area contributed by atoms with Crippen LogP contribution >= 0.6 is 0 Å². The van der Waals surface area contributed by atoms with Crippen molar-refractivity contribution in [1.29, 1.82) is 0 Å². The quantitative estimate of drug-likeness (QED) is 0.839. The molecule has 2 atom stereocenters. The molecule has 0 saturated carbocycles. The average Bonchev–Trinajstić information content (AvgIpc) is 2.90. The van der Waals surface area contributed by atoms with E-state index in [4.69, 9.17) is 0 Å². The van der Waals surface area contributed by atoms with Gasteiger partial charge >= 0.3 is 0 Å². The standard InChI is InChI=1S/C19H21N/c1-3-10-18-14(6-1)8-5-9-15(18)12-17-13-16-7-2-4-11-19(16)20-17/h1-4,6-7,10-11,15,17,20H,5,8-9,12-13H2. The monoisotopic (exact) mass is 263 g/mol. The van der Waals surface area contributed by atoms with Gasteiger partial charge in [0.05, 0.1) is 0 Å². The van der Waals surface area contributed by atoms with Gasteiger partial charge in [-0.2, -0.15) is 0 Å². The summed E-state index contributed by atoms with van der Waals surface area (Å²) in [5, 5.41) is 3.71. The highest BCUT2D eigenvalue weighted by atomic mass is 14.9. The summed E-state index contributed by atoms with van der Waals surface area (Å²) in [7, 11) is 0. The van der Waals surface area contributed by atoms with Crippen molar-refractivity contribution in [2.75, 3.05) is 5.32 Å². The Bertz CT molecular complexity index is 592. The van der Waals surface area contributed by atoms with Gasteiger partial charge in [-0.1, -0.05) is 42.5 Å². The molecule has 20 heavy (non-hydrogen) atoms. The summed E-state index contributed by atoms with van der Waals surface area (Å²) in [6.07, 6.45) is 6.43. The largest absolute Gasteiger partial charge is 0.382 e. The molecule has 0 fully saturated rings. The van der Waals surface area contributed by atoms with Crippen LogP contribution in [0.3, 0.4) is 0 Å². The Balaban J connectivity index is 1.52. The number of anilines is 1. The molecule has 1 aliphatic carbocycles. The zero-order chi connectivity index (χ0) is 13.4. The van der Waals surface area contributed by atoms with Gasteiger partial charge in [0.1, 0.15) is 0 Å². The molecule has 0 spiro atoms. The normalized spacial score (nSPS) is 23.8. The number of aryl methyl sites for hydroxylation is 1. The van der Waals surface area contributed by atoms with E-state index >= 15 is 0 Å². The number of nitrogens with one attached hydrogen (secondary N) is 1. The second-order valence-electron chi connectivity index (χ2n) is 6.23. The van der Waals surface area contributed by atoms with Crippen LogP contribution in [0.15, 0.2) is 48.5 Å². The molecule has 0 aromatic heterocycles. The van der Waals surface area contributed by atoms with E-state index in [-0.39, 0.29) is 0 Å². The molecular formula is C19H21N. The summed E-state index contributed by atoms with van der Waals surface area (Å²) in [5.74, 6) is 0.742. The van der Waals surface area contributed by atoms with Gasteiger partial charge in [0.2, 0.25) is 0 Å². The average molecular weight is 263 g/mol. The molecule has 0 radical (unpaired) electrons. The van der Waals surface area contributed by atoms with E-state index in [9.17, 15) is 0 Å². The number of benzene rings is 2. The highest BCUT2D eigenvalue weighted by Crippen LogP contribution is 2.37. The number of hydrogen-bond acceptors (Lipinski definition) is 1. The van der Waals surface area contributed by atoms with Crippen LogP contribution < -0.4 is 5.32 Å². The number of fused-ring (bicyclic) bond motifs is 2. The van der Waals surface area contributed by atoms with Gasteiger partial charge in [0.25, 0.3) is 0 Å². The minimum atomic E-state index is 0.614. The molecule has 0 saturated heterocycles. The fourth-order valence-corrected chi connectivity index (χ4v) is 3.96. The topological polar surface area (TPSA) is 12.0 Å². The summed E-state index contributed by atoms with van der Waals surface area (Å²) in [6, 6.07) is 18.4. The zero-order valence-corrected chi connectivity index (χ0v) is 11.8. The fraction of sp³-hybridized carbons (Fsp3) is 0.368. The first-order chi connectivity index (χ1) is 9.90. The lowest BCUT2D eigenvalue weighted by atomic mass is 9.79. The molecule has 2 unspecified atom stereocenters. The molecule has 0 bridgehead atoms. The van der Waals surface area contributed by atoms with Gasteiger partial charge < -0.3 is 5.32 Å². The third kappa shape index (κ3) is 2.11. The lowest BCUT2D eigenvalue weighted by Crippen LogP contribution is -2.21. The van der Waals surface area contributed by atoms with Crippen molar-refractivity contribution in [1.82, 2.24) is 0 Å². The molecule has 2 aliphatic rings. The molecule has 1 heteroatoms. The first-order valence-corrected chi connectivity index (χ1v) is 7.82. The first kappa shape index (κ1) is 12.0. The third-order valence-corrected chi connectivity index (χ3v) is 4.91. The van der Waals surface area contributed by atoms with Gasteiger partial charge in [0, 0.05) is 11.7 Å². The first-order valence-electron chi connectivity index (χ1n) is 7.82. The van der Waals surface area contributed by atoms with E-state index in [1.54, 1.807) is 11.1 Å². The van der Waals surface area contributed by atoms with Crippen molar-refractivity contribution in [3.8, 4) is 0 Å². The van der Waals surface area contributed by atoms with E-state index in [1.807, 2.05) is 0 Å². The summed E-state index contributed by atoms with van der Waals surface area (Å²) < 4.78 is 0. The molecule has 1 N–H and O–H groups in total. The Kier molecular flexibility index (Phi) is 2.99. The minimum absolute atomic E-state index is 0.614. The summed E-state index contributed by atoms with van der Waals surface area (Å²) in [6.45, 7) is 0. The van der Waals surface area contributed by atoms with Crippen LogP contribution in [-0.4, -0.2) is 6.04 Å². The molecule has 0 amide bonds. The third-order valence-electron chi connectivity index (χ3n) is 4.91. The highest BCUT2D eigenvalue weighted by Gasteiger charge is 2.26. The SMILES string of the molecule is c1ccc2c(c1)CC(CC1CCCc3ccccc31)N2. The Labute approximate surface area is 121 Å². The Morgan fingerprint density at radius 3 is 2.65 bits per heavy atom. The molecule has 1 nitrogen and oxygen atoms in total. The van der Waals surface area contributed by atoms with Crippen molar-refractivity contribution in [3.05, 3.63) is 65.2 Å². The second-order valence-corrected chi connectivity index (χ2v) is 6.23. The van der Waals surface area contributed by atoms with E-state index in [2.05, 4.69) is 53.8 Å². The maximum Gasteiger partial charge on any atom is 0.0375 e. The van der Waals surface area contributed by atoms with Gasteiger partial charge in [0.15, 0.2) is 0 Å². The lowest BCUT2D eigenvalue weighted by molar-refractivity contribution is 0.487. The molecule has 4 rings (SSSR count). The van der Waals surface area contributed by atoms with Crippen LogP contribution in [0.25, 0.3) is 0 Å². The summed E-state index contributed by atoms with van der Waals surface area (Å²) >= 11 is 0. The second kappa shape index (κ2) is 4.97. The van der Waals surface area contributed by atoms with Crippen molar-refractivity contribution >= 4 is 5.69 Å². The maximum absolute atomic E-state index is 3.71. The summed E-state index contributed by atoms with van der Waals surface area (Å²) in [5.41, 5.74) is 6.03. The summed E-state index contributed by atoms with van der Waals surface area (Å²) in [4.78, 5) is 0.